The Hall–Kier alpha value is -2.38. The van der Waals surface area contributed by atoms with E-state index in [1.807, 2.05) is 36.5 Å². The molecule has 1 aromatic heterocycles. The van der Waals surface area contributed by atoms with Gasteiger partial charge in [0, 0.05) is 12.6 Å². The minimum Gasteiger partial charge on any atom is -0.334 e. The molecule has 2 aromatic carbocycles. The summed E-state index contributed by atoms with van der Waals surface area (Å²) in [5, 5.41) is 2.69. The van der Waals surface area contributed by atoms with E-state index < -0.39 is 11.6 Å². The van der Waals surface area contributed by atoms with Crippen LogP contribution >= 0.6 is 11.3 Å². The highest BCUT2D eigenvalue weighted by Crippen LogP contribution is 2.22. The fraction of sp³-hybridized carbons (Fsp3) is 0.263. The van der Waals surface area contributed by atoms with E-state index in [1.165, 1.54) is 12.1 Å². The molecule has 0 spiro atoms. The zero-order valence-electron chi connectivity index (χ0n) is 14.6. The lowest BCUT2D eigenvalue weighted by Gasteiger charge is -2.17. The molecule has 0 fully saturated rings. The molecule has 4 nitrogen and oxygen atoms in total. The molecule has 0 bridgehead atoms. The van der Waals surface area contributed by atoms with Crippen molar-refractivity contribution in [3.05, 3.63) is 64.7 Å². The van der Waals surface area contributed by atoms with Crippen LogP contribution in [0.5, 0.6) is 0 Å². The number of thiazole rings is 1. The molecule has 0 aliphatic heterocycles. The maximum Gasteiger partial charge on any atom is 0.277 e. The first-order chi connectivity index (χ1) is 12.4. The smallest absolute Gasteiger partial charge is 0.277 e. The van der Waals surface area contributed by atoms with E-state index in [-0.39, 0.29) is 18.5 Å². The molecular formula is C19H20F2N3OS+. The number of amides is 1. The predicted molar refractivity (Wildman–Crippen MR) is 97.7 cm³/mol. The summed E-state index contributed by atoms with van der Waals surface area (Å²) in [5.41, 5.74) is 1.58. The molecule has 1 amide bonds. The van der Waals surface area contributed by atoms with Gasteiger partial charge in [-0.25, -0.2) is 13.8 Å². The number of hydrogen-bond acceptors (Lipinski definition) is 3. The highest BCUT2D eigenvalue weighted by Gasteiger charge is 2.17. The number of likely N-dealkylation sites (N-methyl/N-ethyl adjacent to an activating group) is 1. The Bertz CT molecular complexity index is 895. The van der Waals surface area contributed by atoms with E-state index in [0.717, 1.165) is 21.3 Å². The van der Waals surface area contributed by atoms with Gasteiger partial charge >= 0.3 is 0 Å². The van der Waals surface area contributed by atoms with E-state index >= 15 is 0 Å². The molecule has 3 aromatic rings. The first kappa shape index (κ1) is 18.4. The average Bonchev–Trinajstić information content (AvgIpc) is 3.03. The van der Waals surface area contributed by atoms with E-state index in [0.29, 0.717) is 12.1 Å². The number of quaternary nitrogens is 1. The first-order valence-electron chi connectivity index (χ1n) is 8.30. The lowest BCUT2D eigenvalue weighted by Crippen LogP contribution is -2.87. The third-order valence-corrected chi connectivity index (χ3v) is 5.27. The van der Waals surface area contributed by atoms with Crippen molar-refractivity contribution in [1.29, 1.82) is 0 Å². The number of hydrogen-bond donors (Lipinski definition) is 1. The van der Waals surface area contributed by atoms with Crippen LogP contribution in [0.4, 0.5) is 8.78 Å². The predicted octanol–water partition coefficient (Wildman–Crippen LogP) is 2.86. The number of para-hydroxylation sites is 1. The summed E-state index contributed by atoms with van der Waals surface area (Å²) in [6.45, 7) is 2.53. The number of fused-ring (bicyclic) bond motifs is 1. The van der Waals surface area contributed by atoms with Crippen molar-refractivity contribution >= 4 is 27.5 Å². The largest absolute Gasteiger partial charge is 0.334 e. The fourth-order valence-electron chi connectivity index (χ4n) is 2.64. The second kappa shape index (κ2) is 7.88. The van der Waals surface area contributed by atoms with Crippen molar-refractivity contribution in [3.8, 4) is 0 Å². The van der Waals surface area contributed by atoms with E-state index in [4.69, 9.17) is 0 Å². The van der Waals surface area contributed by atoms with Crippen LogP contribution in [0.3, 0.4) is 0 Å². The number of nitrogens with zero attached hydrogens (tertiary/aromatic N) is 2. The van der Waals surface area contributed by atoms with Crippen LogP contribution in [0.15, 0.2) is 42.5 Å². The van der Waals surface area contributed by atoms with Gasteiger partial charge < -0.3 is 10.2 Å². The second-order valence-electron chi connectivity index (χ2n) is 6.23. The van der Waals surface area contributed by atoms with Crippen LogP contribution in [-0.4, -0.2) is 29.4 Å². The van der Waals surface area contributed by atoms with Gasteiger partial charge in [-0.15, -0.1) is 11.3 Å². The molecule has 0 saturated heterocycles. The SMILES string of the molecule is C[C@@H]([NH2+]CC(=O)N(C)Cc1nc2ccccc2s1)c1ccc(F)c(F)c1. The van der Waals surface area contributed by atoms with Gasteiger partial charge in [-0.2, -0.15) is 0 Å². The molecule has 0 unspecified atom stereocenters. The number of halogens is 2. The zero-order chi connectivity index (χ0) is 18.7. The molecule has 3 rings (SSSR count). The molecular weight excluding hydrogens is 356 g/mol. The molecule has 7 heteroatoms. The van der Waals surface area contributed by atoms with Crippen LogP contribution in [0.25, 0.3) is 10.2 Å². The summed E-state index contributed by atoms with van der Waals surface area (Å²) >= 11 is 1.57. The van der Waals surface area contributed by atoms with Gasteiger partial charge in [-0.05, 0) is 37.3 Å². The van der Waals surface area contributed by atoms with Gasteiger partial charge in [0.1, 0.15) is 11.0 Å². The lowest BCUT2D eigenvalue weighted by atomic mass is 10.1. The van der Waals surface area contributed by atoms with Crippen molar-refractivity contribution in [3.63, 3.8) is 0 Å². The van der Waals surface area contributed by atoms with Crippen molar-refractivity contribution < 1.29 is 18.9 Å². The Morgan fingerprint density at radius 1 is 1.23 bits per heavy atom. The van der Waals surface area contributed by atoms with Crippen LogP contribution < -0.4 is 5.32 Å². The molecule has 0 saturated carbocycles. The van der Waals surface area contributed by atoms with Gasteiger partial charge in [0.05, 0.1) is 16.8 Å². The summed E-state index contributed by atoms with van der Waals surface area (Å²) in [7, 11) is 1.74. The van der Waals surface area contributed by atoms with Gasteiger partial charge in [-0.1, -0.05) is 12.1 Å². The van der Waals surface area contributed by atoms with Crippen LogP contribution in [0, 0.1) is 11.6 Å². The number of aromatic nitrogens is 1. The molecule has 0 radical (unpaired) electrons. The molecule has 1 atom stereocenters. The molecule has 2 N–H and O–H groups in total. The van der Waals surface area contributed by atoms with Crippen molar-refractivity contribution in [2.45, 2.75) is 19.5 Å². The first-order valence-corrected chi connectivity index (χ1v) is 9.12. The molecule has 26 heavy (non-hydrogen) atoms. The molecule has 136 valence electrons. The maximum atomic E-state index is 13.3. The quantitative estimate of drug-likeness (QED) is 0.719. The van der Waals surface area contributed by atoms with Crippen molar-refractivity contribution in [1.82, 2.24) is 9.88 Å². The Balaban J connectivity index is 1.55. The normalized spacial score (nSPS) is 12.3. The Labute approximate surface area is 154 Å². The summed E-state index contributed by atoms with van der Waals surface area (Å²) in [6, 6.07) is 11.5. The molecule has 1 heterocycles. The van der Waals surface area contributed by atoms with Crippen molar-refractivity contribution in [2.24, 2.45) is 0 Å². The third-order valence-electron chi connectivity index (χ3n) is 4.25. The van der Waals surface area contributed by atoms with Crippen molar-refractivity contribution in [2.75, 3.05) is 13.6 Å². The van der Waals surface area contributed by atoms with Crippen LogP contribution in [0.2, 0.25) is 0 Å². The topological polar surface area (TPSA) is 49.8 Å². The van der Waals surface area contributed by atoms with E-state index in [2.05, 4.69) is 4.98 Å². The number of rotatable bonds is 6. The summed E-state index contributed by atoms with van der Waals surface area (Å²) in [6.07, 6.45) is 0. The summed E-state index contributed by atoms with van der Waals surface area (Å²) in [4.78, 5) is 18.5. The van der Waals surface area contributed by atoms with Gasteiger partial charge in [-0.3, -0.25) is 4.79 Å². The van der Waals surface area contributed by atoms with Gasteiger partial charge in [0.2, 0.25) is 0 Å². The number of carbonyl (C=O) groups excluding carboxylic acids is 1. The fourth-order valence-corrected chi connectivity index (χ4v) is 3.66. The van der Waals surface area contributed by atoms with E-state index in [1.54, 1.807) is 23.3 Å². The summed E-state index contributed by atoms with van der Waals surface area (Å²) < 4.78 is 27.4. The monoisotopic (exact) mass is 376 g/mol. The lowest BCUT2D eigenvalue weighted by molar-refractivity contribution is -0.683. The number of carbonyl (C=O) groups is 1. The van der Waals surface area contributed by atoms with E-state index in [9.17, 15) is 13.6 Å². The minimum absolute atomic E-state index is 0.0429. The Morgan fingerprint density at radius 3 is 2.73 bits per heavy atom. The highest BCUT2D eigenvalue weighted by atomic mass is 32.1. The second-order valence-corrected chi connectivity index (χ2v) is 7.34. The Morgan fingerprint density at radius 2 is 2.00 bits per heavy atom. The van der Waals surface area contributed by atoms with Crippen LogP contribution in [0.1, 0.15) is 23.5 Å². The zero-order valence-corrected chi connectivity index (χ0v) is 15.4. The van der Waals surface area contributed by atoms with Crippen LogP contribution in [-0.2, 0) is 11.3 Å². The average molecular weight is 376 g/mol. The number of benzene rings is 2. The minimum atomic E-state index is -0.873. The molecule has 0 aliphatic carbocycles. The highest BCUT2D eigenvalue weighted by molar-refractivity contribution is 7.18. The van der Waals surface area contributed by atoms with Gasteiger partial charge in [0.25, 0.3) is 5.91 Å². The maximum absolute atomic E-state index is 13.3. The summed E-state index contributed by atoms with van der Waals surface area (Å²) in [5.74, 6) is -1.78. The number of nitrogens with two attached hydrogens (primary N) is 1. The van der Waals surface area contributed by atoms with Gasteiger partial charge in [0.15, 0.2) is 18.2 Å². The third kappa shape index (κ3) is 4.23. The molecule has 0 aliphatic rings. The standard InChI is InChI=1S/C19H19F2N3OS/c1-12(13-7-8-14(20)15(21)9-13)22-10-19(25)24(2)11-18-23-16-5-3-4-6-17(16)26-18/h3-9,12,22H,10-11H2,1-2H3/p+1/t12-/m1/s1. The Kier molecular flexibility index (Phi) is 5.58.